The molecule has 3 rings (SSSR count). The van der Waals surface area contributed by atoms with Crippen LogP contribution in [0.25, 0.3) is 0 Å². The van der Waals surface area contributed by atoms with Gasteiger partial charge >= 0.3 is 17.1 Å². The lowest BCUT2D eigenvalue weighted by Crippen LogP contribution is -2.51. The molecule has 0 saturated heterocycles. The van der Waals surface area contributed by atoms with E-state index in [0.717, 1.165) is 13.7 Å². The quantitative estimate of drug-likeness (QED) is 0.180. The molecule has 0 bridgehead atoms. The molecule has 0 aliphatic rings. The van der Waals surface area contributed by atoms with Crippen LogP contribution in [0.2, 0.25) is 0 Å². The van der Waals surface area contributed by atoms with Crippen LogP contribution >= 0.6 is 0 Å². The number of nitrogens with zero attached hydrogens (tertiary/aromatic N) is 6. The molecule has 0 unspecified atom stereocenters. The Morgan fingerprint density at radius 3 is 0.707 bits per heavy atom. The van der Waals surface area contributed by atoms with Crippen molar-refractivity contribution < 1.29 is 0 Å². The smallest absolute Gasteiger partial charge is 0.248 e. The Balaban J connectivity index is -0.000000145. The molecule has 0 spiro atoms. The highest BCUT2D eigenvalue weighted by Gasteiger charge is 2.53. The molecule has 9 nitrogen and oxygen atoms in total. The number of rotatable bonds is 12. The topological polar surface area (TPSA) is 105 Å². The van der Waals surface area contributed by atoms with Crippen molar-refractivity contribution in [3.63, 3.8) is 0 Å². The Kier molecular flexibility index (Phi) is 44.8. The minimum Gasteiger partial charge on any atom is -0.248 e. The average Bonchev–Trinajstić information content (AvgIpc) is 3.29. The predicted octanol–water partition coefficient (Wildman–Crippen LogP) is 13.5. The third-order valence-electron chi connectivity index (χ3n) is 12.4. The van der Waals surface area contributed by atoms with Gasteiger partial charge in [-0.25, -0.2) is 43.0 Å². The molecule has 2 aromatic heterocycles. The van der Waals surface area contributed by atoms with Crippen molar-refractivity contribution >= 4 is 0 Å². The zero-order valence-corrected chi connectivity index (χ0v) is 41.4. The van der Waals surface area contributed by atoms with Gasteiger partial charge in [0.1, 0.15) is 19.0 Å². The summed E-state index contributed by atoms with van der Waals surface area (Å²) < 4.78 is 2.63. The first kappa shape index (κ1) is 66.5. The van der Waals surface area contributed by atoms with E-state index in [1.54, 1.807) is 0 Å². The maximum atomic E-state index is 11.1. The van der Waals surface area contributed by atoms with Gasteiger partial charge in [-0.2, -0.15) is 0 Å². The van der Waals surface area contributed by atoms with Gasteiger partial charge in [-0.05, 0) is 34.5 Å². The summed E-state index contributed by atoms with van der Waals surface area (Å²) in [6.45, 7) is 40.9. The standard InChI is InChI=1S/C17H36.C9H20.C6H9N3O3.C6H6.C3H3N3.C3H8.2C2H6.CH4/c1-9-15(7,10-2)17(13-5,14-6)16(8,11-3)12-4;1-5-9(6-2,7-3)8-4;1-7-4(10)8(2)6(12)9(3)5(7)11;1-2-4-6-5-3-1;1-4-2-6-3-5-1;1-3-2;2*1-2;/h9-14H2,1-8H3;5-8H2,1-4H3;1-3H3;1-6H;1-3H;3H2,1-2H3;2*1-2H3;1H4. The molecule has 3 aromatic rings. The molecule has 342 valence electrons. The summed E-state index contributed by atoms with van der Waals surface area (Å²) in [5, 5.41) is 0. The lowest BCUT2D eigenvalue weighted by molar-refractivity contribution is -0.0905. The highest BCUT2D eigenvalue weighted by atomic mass is 16.2. The van der Waals surface area contributed by atoms with E-state index in [2.05, 4.69) is 112 Å². The fourth-order valence-electron chi connectivity index (χ4n) is 7.55. The number of benzene rings is 1. The Bertz CT molecular complexity index is 1230. The van der Waals surface area contributed by atoms with Crippen LogP contribution in [0.4, 0.5) is 0 Å². The molecular weight excluding hydrogens is 721 g/mol. The highest BCUT2D eigenvalue weighted by Crippen LogP contribution is 2.61. The molecule has 0 radical (unpaired) electrons. The van der Waals surface area contributed by atoms with Gasteiger partial charge < -0.3 is 0 Å². The third-order valence-corrected chi connectivity index (χ3v) is 12.4. The molecule has 0 aliphatic carbocycles. The first-order chi connectivity index (χ1) is 27.0. The van der Waals surface area contributed by atoms with E-state index in [-0.39, 0.29) is 7.43 Å². The zero-order valence-electron chi connectivity index (χ0n) is 41.4. The van der Waals surface area contributed by atoms with Gasteiger partial charge in [-0.3, -0.25) is 0 Å². The first-order valence-electron chi connectivity index (χ1n) is 22.4. The number of hydrogen-bond acceptors (Lipinski definition) is 6. The fourth-order valence-corrected chi connectivity index (χ4v) is 7.55. The number of aromatic nitrogens is 6. The third kappa shape index (κ3) is 21.6. The monoisotopic (exact) mass is 819 g/mol. The van der Waals surface area contributed by atoms with E-state index in [9.17, 15) is 14.4 Å². The first-order valence-corrected chi connectivity index (χ1v) is 22.4. The Morgan fingerprint density at radius 1 is 0.414 bits per heavy atom. The maximum absolute atomic E-state index is 11.1. The summed E-state index contributed by atoms with van der Waals surface area (Å²) in [5.41, 5.74) is 0.302. The number of hydrogen-bond donors (Lipinski definition) is 0. The van der Waals surface area contributed by atoms with Gasteiger partial charge in [0.2, 0.25) is 0 Å². The normalized spacial score (nSPS) is 10.3. The SMILES string of the molecule is C.CC.CC.CCC.CCC(C)(CC)C(CC)(CC)C(C)(CC)CC.CCC(CC)(CC)CC.Cn1c(=O)n(C)c(=O)n(C)c1=O.c1ccccc1.c1ncncn1. The Hall–Kier alpha value is -3.36. The summed E-state index contributed by atoms with van der Waals surface area (Å²) >= 11 is 0. The van der Waals surface area contributed by atoms with Gasteiger partial charge in [-0.15, -0.1) is 0 Å². The second kappa shape index (κ2) is 39.1. The molecule has 0 fully saturated rings. The van der Waals surface area contributed by atoms with Gasteiger partial charge in [0.05, 0.1) is 0 Å². The van der Waals surface area contributed by atoms with E-state index in [1.165, 1.54) is 111 Å². The van der Waals surface area contributed by atoms with E-state index in [1.807, 2.05) is 64.1 Å². The van der Waals surface area contributed by atoms with E-state index < -0.39 is 17.1 Å². The summed E-state index contributed by atoms with van der Waals surface area (Å²) in [6.07, 6.45) is 18.8. The minimum absolute atomic E-state index is 0. The van der Waals surface area contributed by atoms with Crippen molar-refractivity contribution in [2.75, 3.05) is 0 Å². The fraction of sp³-hybridized carbons (Fsp3) is 0.755. The summed E-state index contributed by atoms with van der Waals surface area (Å²) in [5.74, 6) is 0. The summed E-state index contributed by atoms with van der Waals surface area (Å²) in [7, 11) is 3.97. The highest BCUT2D eigenvalue weighted by molar-refractivity contribution is 5.02. The summed E-state index contributed by atoms with van der Waals surface area (Å²) in [4.78, 5) is 43.9. The van der Waals surface area contributed by atoms with Gasteiger partial charge in [0.15, 0.2) is 0 Å². The lowest BCUT2D eigenvalue weighted by Gasteiger charge is -2.58. The van der Waals surface area contributed by atoms with Crippen LogP contribution in [0.1, 0.15) is 203 Å². The van der Waals surface area contributed by atoms with Crippen molar-refractivity contribution in [3.05, 3.63) is 86.8 Å². The lowest BCUT2D eigenvalue weighted by atomic mass is 9.46. The van der Waals surface area contributed by atoms with Crippen molar-refractivity contribution in [1.82, 2.24) is 28.7 Å². The maximum Gasteiger partial charge on any atom is 0.335 e. The summed E-state index contributed by atoms with van der Waals surface area (Å²) in [6, 6.07) is 12.0. The van der Waals surface area contributed by atoms with E-state index in [4.69, 9.17) is 0 Å². The van der Waals surface area contributed by atoms with E-state index >= 15 is 0 Å². The van der Waals surface area contributed by atoms with Gasteiger partial charge in [0.25, 0.3) is 0 Å². The van der Waals surface area contributed by atoms with Gasteiger partial charge in [0, 0.05) is 21.1 Å². The van der Waals surface area contributed by atoms with Crippen LogP contribution in [0, 0.1) is 21.7 Å². The predicted molar refractivity (Wildman–Crippen MR) is 258 cm³/mol. The Labute approximate surface area is 360 Å². The molecule has 1 aromatic carbocycles. The van der Waals surface area contributed by atoms with Crippen LogP contribution in [0.3, 0.4) is 0 Å². The van der Waals surface area contributed by atoms with Crippen molar-refractivity contribution in [2.24, 2.45) is 42.8 Å². The molecule has 0 saturated carbocycles. The molecule has 0 N–H and O–H groups in total. The van der Waals surface area contributed by atoms with Crippen LogP contribution < -0.4 is 17.1 Å². The Morgan fingerprint density at radius 2 is 0.603 bits per heavy atom. The van der Waals surface area contributed by atoms with Crippen LogP contribution in [0.5, 0.6) is 0 Å². The van der Waals surface area contributed by atoms with Crippen LogP contribution in [-0.4, -0.2) is 28.7 Å². The van der Waals surface area contributed by atoms with E-state index in [0.29, 0.717) is 21.7 Å². The van der Waals surface area contributed by atoms with Gasteiger partial charge in [-0.1, -0.05) is 226 Å². The second-order valence-electron chi connectivity index (χ2n) is 14.4. The van der Waals surface area contributed by atoms with Crippen molar-refractivity contribution in [3.8, 4) is 0 Å². The molecule has 0 atom stereocenters. The van der Waals surface area contributed by atoms with Crippen LogP contribution in [-0.2, 0) is 21.1 Å². The minimum atomic E-state index is -0.608. The molecule has 2 heterocycles. The molecule has 0 amide bonds. The van der Waals surface area contributed by atoms with Crippen LogP contribution in [0.15, 0.2) is 69.8 Å². The van der Waals surface area contributed by atoms with Crippen molar-refractivity contribution in [1.29, 1.82) is 0 Å². The largest absolute Gasteiger partial charge is 0.335 e. The molecule has 9 heteroatoms. The zero-order chi connectivity index (χ0) is 45.7. The molecule has 58 heavy (non-hydrogen) atoms. The average molecular weight is 819 g/mol. The second-order valence-corrected chi connectivity index (χ2v) is 14.4. The van der Waals surface area contributed by atoms with Crippen molar-refractivity contribution in [2.45, 2.75) is 203 Å². The molecule has 0 aliphatic heterocycles. The molecular formula is C49H98N6O3.